The Kier molecular flexibility index (Phi) is 9.01. The molecule has 0 amide bonds. The molecule has 0 N–H and O–H groups in total. The summed E-state index contributed by atoms with van der Waals surface area (Å²) in [5.41, 5.74) is 4.27. The van der Waals surface area contributed by atoms with Crippen molar-refractivity contribution >= 4 is 0 Å². The van der Waals surface area contributed by atoms with E-state index in [1.165, 1.54) is 63.4 Å². The summed E-state index contributed by atoms with van der Waals surface area (Å²) in [4.78, 5) is 0. The van der Waals surface area contributed by atoms with Crippen LogP contribution in [0.4, 0.5) is 4.39 Å². The molecule has 0 aliphatic heterocycles. The zero-order valence-electron chi connectivity index (χ0n) is 20.8. The highest BCUT2D eigenvalue weighted by molar-refractivity contribution is 5.65. The molecule has 0 bridgehead atoms. The quantitative estimate of drug-likeness (QED) is 0.370. The minimum Gasteiger partial charge on any atom is -0.384 e. The van der Waals surface area contributed by atoms with Crippen molar-refractivity contribution in [2.45, 2.75) is 89.9 Å². The van der Waals surface area contributed by atoms with Gasteiger partial charge in [-0.25, -0.2) is 4.39 Å². The Hall–Kier alpha value is -1.67. The Balaban J connectivity index is 1.30. The van der Waals surface area contributed by atoms with Crippen LogP contribution in [0.3, 0.4) is 0 Å². The fourth-order valence-electron chi connectivity index (χ4n) is 6.36. The van der Waals surface area contributed by atoms with Crippen molar-refractivity contribution in [2.75, 3.05) is 13.7 Å². The molecular weight excluding hydrogens is 407 g/mol. The van der Waals surface area contributed by atoms with Gasteiger partial charge < -0.3 is 4.74 Å². The fraction of sp³-hybridized carbons (Fsp3) is 0.613. The van der Waals surface area contributed by atoms with Gasteiger partial charge in [0.05, 0.1) is 0 Å². The number of hydrogen-bond donors (Lipinski definition) is 0. The van der Waals surface area contributed by atoms with E-state index in [1.54, 1.807) is 13.2 Å². The number of methoxy groups -OCH3 is 1. The van der Waals surface area contributed by atoms with Crippen LogP contribution in [-0.2, 0) is 11.2 Å². The molecule has 2 fully saturated rings. The molecule has 0 atom stereocenters. The predicted octanol–water partition coefficient (Wildman–Crippen LogP) is 8.95. The van der Waals surface area contributed by atoms with E-state index in [0.29, 0.717) is 11.8 Å². The van der Waals surface area contributed by atoms with Crippen LogP contribution in [-0.4, -0.2) is 13.7 Å². The van der Waals surface area contributed by atoms with E-state index < -0.39 is 0 Å². The summed E-state index contributed by atoms with van der Waals surface area (Å²) >= 11 is 0. The van der Waals surface area contributed by atoms with Crippen LogP contribution >= 0.6 is 0 Å². The molecule has 2 aliphatic rings. The summed E-state index contributed by atoms with van der Waals surface area (Å²) in [6, 6.07) is 14.6. The first-order valence-corrected chi connectivity index (χ1v) is 13.5. The molecule has 2 heteroatoms. The average Bonchev–Trinajstić information content (AvgIpc) is 2.85. The predicted molar refractivity (Wildman–Crippen MR) is 137 cm³/mol. The molecule has 2 aromatic carbocycles. The van der Waals surface area contributed by atoms with Crippen molar-refractivity contribution in [3.05, 3.63) is 59.4 Å². The Bertz CT molecular complexity index is 842. The van der Waals surface area contributed by atoms with Gasteiger partial charge in [-0.15, -0.1) is 0 Å². The average molecular weight is 451 g/mol. The highest BCUT2D eigenvalue weighted by atomic mass is 19.1. The second kappa shape index (κ2) is 12.2. The van der Waals surface area contributed by atoms with Crippen molar-refractivity contribution in [2.24, 2.45) is 17.8 Å². The molecule has 0 aromatic heterocycles. The van der Waals surface area contributed by atoms with E-state index in [4.69, 9.17) is 4.74 Å². The molecule has 4 rings (SSSR count). The molecule has 0 heterocycles. The van der Waals surface area contributed by atoms with Crippen LogP contribution in [0.15, 0.2) is 42.5 Å². The van der Waals surface area contributed by atoms with Crippen molar-refractivity contribution in [1.29, 1.82) is 0 Å². The van der Waals surface area contributed by atoms with Crippen LogP contribution in [0.2, 0.25) is 0 Å². The minimum atomic E-state index is -0.0805. The molecule has 2 aliphatic carbocycles. The van der Waals surface area contributed by atoms with Crippen molar-refractivity contribution < 1.29 is 9.13 Å². The summed E-state index contributed by atoms with van der Waals surface area (Å²) in [7, 11) is 1.78. The maximum absolute atomic E-state index is 15.0. The van der Waals surface area contributed by atoms with Gasteiger partial charge in [-0.05, 0) is 85.0 Å². The van der Waals surface area contributed by atoms with Gasteiger partial charge in [0.15, 0.2) is 0 Å². The smallest absolute Gasteiger partial charge is 0.131 e. The maximum Gasteiger partial charge on any atom is 0.131 e. The van der Waals surface area contributed by atoms with Gasteiger partial charge in [0, 0.05) is 19.3 Å². The van der Waals surface area contributed by atoms with Gasteiger partial charge in [-0.3, -0.25) is 0 Å². The molecule has 0 unspecified atom stereocenters. The van der Waals surface area contributed by atoms with Crippen molar-refractivity contribution in [3.8, 4) is 11.1 Å². The maximum atomic E-state index is 15.0. The number of ether oxygens (including phenoxy) is 1. The monoisotopic (exact) mass is 450 g/mol. The third-order valence-electron chi connectivity index (χ3n) is 8.48. The molecular formula is C31H43FO. The van der Waals surface area contributed by atoms with Gasteiger partial charge in [-0.1, -0.05) is 81.8 Å². The topological polar surface area (TPSA) is 9.23 Å². The van der Waals surface area contributed by atoms with E-state index in [1.807, 2.05) is 6.07 Å². The summed E-state index contributed by atoms with van der Waals surface area (Å²) in [5.74, 6) is 2.96. The first-order chi connectivity index (χ1) is 16.2. The lowest BCUT2D eigenvalue weighted by Gasteiger charge is -2.28. The third kappa shape index (κ3) is 6.69. The Morgan fingerprint density at radius 3 is 2.03 bits per heavy atom. The second-order valence-electron chi connectivity index (χ2n) is 10.8. The van der Waals surface area contributed by atoms with Gasteiger partial charge in [0.25, 0.3) is 0 Å². The Morgan fingerprint density at radius 1 is 0.788 bits per heavy atom. The number of halogens is 1. The zero-order chi connectivity index (χ0) is 23.0. The van der Waals surface area contributed by atoms with E-state index in [-0.39, 0.29) is 5.82 Å². The molecule has 33 heavy (non-hydrogen) atoms. The van der Waals surface area contributed by atoms with Crippen LogP contribution in [0.25, 0.3) is 11.1 Å². The molecule has 0 radical (unpaired) electrons. The highest BCUT2D eigenvalue weighted by Gasteiger charge is 2.23. The van der Waals surface area contributed by atoms with Crippen molar-refractivity contribution in [3.63, 3.8) is 0 Å². The number of benzene rings is 2. The Labute approximate surface area is 201 Å². The normalized spacial score (nSPS) is 25.8. The molecule has 0 saturated heterocycles. The van der Waals surface area contributed by atoms with Gasteiger partial charge in [0.2, 0.25) is 0 Å². The number of aryl methyl sites for hydroxylation is 1. The molecule has 1 nitrogen and oxygen atoms in total. The highest BCUT2D eigenvalue weighted by Crippen LogP contribution is 2.37. The number of hydrogen-bond acceptors (Lipinski definition) is 1. The summed E-state index contributed by atoms with van der Waals surface area (Å²) < 4.78 is 20.4. The lowest BCUT2D eigenvalue weighted by molar-refractivity contribution is 0.127. The SMILES string of the molecule is CCCC1CCC(CCc2ccc(-c3ccc(C4CCC(COC)CC4)cc3F)cc2)CC1. The van der Waals surface area contributed by atoms with E-state index in [9.17, 15) is 0 Å². The summed E-state index contributed by atoms with van der Waals surface area (Å²) in [5, 5.41) is 0. The lowest BCUT2D eigenvalue weighted by Crippen LogP contribution is -2.17. The first kappa shape index (κ1) is 24.5. The van der Waals surface area contributed by atoms with Crippen LogP contribution in [0.5, 0.6) is 0 Å². The third-order valence-corrected chi connectivity index (χ3v) is 8.48. The fourth-order valence-corrected chi connectivity index (χ4v) is 6.36. The lowest BCUT2D eigenvalue weighted by atomic mass is 9.78. The first-order valence-electron chi connectivity index (χ1n) is 13.5. The summed E-state index contributed by atoms with van der Waals surface area (Å²) in [6.45, 7) is 3.17. The van der Waals surface area contributed by atoms with Gasteiger partial charge in [-0.2, -0.15) is 0 Å². The van der Waals surface area contributed by atoms with E-state index in [2.05, 4.69) is 37.3 Å². The molecule has 2 saturated carbocycles. The van der Waals surface area contributed by atoms with Crippen LogP contribution < -0.4 is 0 Å². The van der Waals surface area contributed by atoms with Crippen LogP contribution in [0, 0.1) is 23.6 Å². The standard InChI is InChI=1S/C31H43FO/c1-3-4-23-5-7-24(8-6-23)9-10-25-11-17-28(18-12-25)30-20-19-29(21-31(30)32)27-15-13-26(14-16-27)22-33-2/h11-12,17-21,23-24,26-27H,3-10,13-16,22H2,1-2H3. The van der Waals surface area contributed by atoms with Gasteiger partial charge >= 0.3 is 0 Å². The summed E-state index contributed by atoms with van der Waals surface area (Å²) in [6.07, 6.45) is 15.5. The van der Waals surface area contributed by atoms with E-state index in [0.717, 1.165) is 54.4 Å². The van der Waals surface area contributed by atoms with Gasteiger partial charge in [0.1, 0.15) is 5.82 Å². The molecule has 2 aromatic rings. The minimum absolute atomic E-state index is 0.0805. The van der Waals surface area contributed by atoms with Crippen molar-refractivity contribution in [1.82, 2.24) is 0 Å². The largest absolute Gasteiger partial charge is 0.384 e. The Morgan fingerprint density at radius 2 is 1.42 bits per heavy atom. The molecule has 0 spiro atoms. The molecule has 180 valence electrons. The zero-order valence-corrected chi connectivity index (χ0v) is 20.8. The van der Waals surface area contributed by atoms with Crippen LogP contribution in [0.1, 0.15) is 94.6 Å². The second-order valence-corrected chi connectivity index (χ2v) is 10.8. The van der Waals surface area contributed by atoms with E-state index >= 15 is 4.39 Å². The number of rotatable bonds is 9.